The standard InChI is InChI=1S/C26H24F6N6O3/c1-24(2,13-34-22-17-5-3-4-6-18(17)23(40)37-36-22)12-33-19(39)7-8-20-35-21(38-41-20)14-9-15(25(27,28)29)11-16(10-14)26(30,31)32/h3-6,9-11H,7-8,12-13H2,1-2H3,(H,33,39)(H,34,36)(H,37,40). The number of alkyl halides is 6. The van der Waals surface area contributed by atoms with Crippen molar-refractivity contribution in [2.45, 2.75) is 39.0 Å². The molecule has 0 aliphatic carbocycles. The summed E-state index contributed by atoms with van der Waals surface area (Å²) in [6.45, 7) is 4.42. The van der Waals surface area contributed by atoms with Gasteiger partial charge in [-0.05, 0) is 29.7 Å². The van der Waals surface area contributed by atoms with Crippen molar-refractivity contribution in [1.29, 1.82) is 0 Å². The summed E-state index contributed by atoms with van der Waals surface area (Å²) < 4.78 is 83.8. The minimum absolute atomic E-state index is 0.00514. The Morgan fingerprint density at radius 2 is 1.59 bits per heavy atom. The molecule has 0 spiro atoms. The molecule has 1 amide bonds. The van der Waals surface area contributed by atoms with Gasteiger partial charge in [-0.2, -0.15) is 36.4 Å². The van der Waals surface area contributed by atoms with Crippen molar-refractivity contribution < 1.29 is 35.7 Å². The fourth-order valence-corrected chi connectivity index (χ4v) is 3.84. The Labute approximate surface area is 228 Å². The number of carbonyl (C=O) groups excluding carboxylic acids is 1. The molecule has 0 saturated carbocycles. The van der Waals surface area contributed by atoms with Crippen LogP contribution in [0.2, 0.25) is 0 Å². The summed E-state index contributed by atoms with van der Waals surface area (Å²) in [4.78, 5) is 28.2. The fraction of sp³-hybridized carbons (Fsp3) is 0.346. The number of aromatic nitrogens is 4. The second-order valence-corrected chi connectivity index (χ2v) is 10.0. The van der Waals surface area contributed by atoms with Gasteiger partial charge in [0.25, 0.3) is 5.56 Å². The normalized spacial score (nSPS) is 12.5. The highest BCUT2D eigenvalue weighted by atomic mass is 19.4. The Morgan fingerprint density at radius 1 is 0.951 bits per heavy atom. The van der Waals surface area contributed by atoms with Crippen molar-refractivity contribution in [1.82, 2.24) is 25.7 Å². The van der Waals surface area contributed by atoms with Gasteiger partial charge in [0.05, 0.1) is 16.5 Å². The summed E-state index contributed by atoms with van der Waals surface area (Å²) in [5.74, 6) is -0.496. The third-order valence-corrected chi connectivity index (χ3v) is 6.07. The number of rotatable bonds is 9. The van der Waals surface area contributed by atoms with Crippen LogP contribution in [-0.2, 0) is 23.6 Å². The van der Waals surface area contributed by atoms with E-state index in [-0.39, 0.29) is 42.8 Å². The second kappa shape index (κ2) is 11.2. The molecule has 0 radical (unpaired) electrons. The van der Waals surface area contributed by atoms with Gasteiger partial charge in [0, 0.05) is 36.9 Å². The Kier molecular flexibility index (Phi) is 8.08. The van der Waals surface area contributed by atoms with Gasteiger partial charge in [-0.25, -0.2) is 5.10 Å². The Morgan fingerprint density at radius 3 is 2.22 bits per heavy atom. The van der Waals surface area contributed by atoms with Crippen LogP contribution in [0.4, 0.5) is 32.2 Å². The first kappa shape index (κ1) is 29.6. The van der Waals surface area contributed by atoms with Gasteiger partial charge in [-0.15, -0.1) is 0 Å². The van der Waals surface area contributed by atoms with Crippen molar-refractivity contribution in [2.24, 2.45) is 5.41 Å². The second-order valence-electron chi connectivity index (χ2n) is 10.0. The molecule has 0 unspecified atom stereocenters. The molecule has 0 saturated heterocycles. The van der Waals surface area contributed by atoms with Crippen LogP contribution >= 0.6 is 0 Å². The molecule has 3 N–H and O–H groups in total. The average Bonchev–Trinajstić information content (AvgIpc) is 3.39. The molecule has 2 aromatic heterocycles. The van der Waals surface area contributed by atoms with E-state index >= 15 is 0 Å². The number of hydrogen-bond donors (Lipinski definition) is 3. The minimum atomic E-state index is -5.02. The summed E-state index contributed by atoms with van der Waals surface area (Å²) >= 11 is 0. The van der Waals surface area contributed by atoms with Gasteiger partial charge < -0.3 is 15.2 Å². The maximum absolute atomic E-state index is 13.1. The van der Waals surface area contributed by atoms with Crippen LogP contribution in [0.5, 0.6) is 0 Å². The van der Waals surface area contributed by atoms with Gasteiger partial charge in [0.15, 0.2) is 5.82 Å². The maximum Gasteiger partial charge on any atom is 0.416 e. The maximum atomic E-state index is 13.1. The van der Waals surface area contributed by atoms with Crippen molar-refractivity contribution in [3.63, 3.8) is 0 Å². The summed E-state index contributed by atoms with van der Waals surface area (Å²) in [5, 5.41) is 17.0. The fourth-order valence-electron chi connectivity index (χ4n) is 3.84. The lowest BCUT2D eigenvalue weighted by atomic mass is 9.93. The monoisotopic (exact) mass is 582 g/mol. The molecular weight excluding hydrogens is 558 g/mol. The molecule has 9 nitrogen and oxygen atoms in total. The van der Waals surface area contributed by atoms with Crippen LogP contribution in [-0.4, -0.2) is 39.3 Å². The minimum Gasteiger partial charge on any atom is -0.368 e. The molecule has 2 aromatic carbocycles. The average molecular weight is 583 g/mol. The largest absolute Gasteiger partial charge is 0.416 e. The lowest BCUT2D eigenvalue weighted by Crippen LogP contribution is -2.38. The SMILES string of the molecule is CC(C)(CNC(=O)CCc1nc(-c2cc(C(F)(F)F)cc(C(F)(F)F)c2)no1)CNc1n[nH]c(=O)c2ccccc12. The van der Waals surface area contributed by atoms with Gasteiger partial charge >= 0.3 is 12.4 Å². The predicted octanol–water partition coefficient (Wildman–Crippen LogP) is 5.20. The van der Waals surface area contributed by atoms with E-state index in [4.69, 9.17) is 4.52 Å². The highest BCUT2D eigenvalue weighted by molar-refractivity contribution is 5.90. The molecule has 2 heterocycles. The highest BCUT2D eigenvalue weighted by Gasteiger charge is 2.37. The van der Waals surface area contributed by atoms with E-state index in [0.717, 1.165) is 0 Å². The Bertz CT molecular complexity index is 1580. The van der Waals surface area contributed by atoms with Crippen LogP contribution in [0.1, 0.15) is 37.3 Å². The summed E-state index contributed by atoms with van der Waals surface area (Å²) in [6.07, 6.45) is -10.2. The lowest BCUT2D eigenvalue weighted by molar-refractivity contribution is -0.143. The zero-order chi connectivity index (χ0) is 30.0. The first-order chi connectivity index (χ1) is 19.1. The van der Waals surface area contributed by atoms with Crippen LogP contribution in [0, 0.1) is 5.41 Å². The number of hydrogen-bond acceptors (Lipinski definition) is 7. The number of carbonyl (C=O) groups is 1. The summed E-state index contributed by atoms with van der Waals surface area (Å²) in [5.41, 5.74) is -4.30. The van der Waals surface area contributed by atoms with E-state index in [2.05, 4.69) is 31.0 Å². The lowest BCUT2D eigenvalue weighted by Gasteiger charge is -2.25. The van der Waals surface area contributed by atoms with Gasteiger partial charge in [-0.1, -0.05) is 37.2 Å². The number of nitrogens with one attached hydrogen (secondary N) is 3. The number of benzene rings is 2. The molecule has 15 heteroatoms. The first-order valence-corrected chi connectivity index (χ1v) is 12.2. The highest BCUT2D eigenvalue weighted by Crippen LogP contribution is 2.38. The summed E-state index contributed by atoms with van der Waals surface area (Å²) in [7, 11) is 0. The Balaban J connectivity index is 1.33. The third-order valence-electron chi connectivity index (χ3n) is 6.07. The zero-order valence-corrected chi connectivity index (χ0v) is 21.7. The quantitative estimate of drug-likeness (QED) is 0.232. The van der Waals surface area contributed by atoms with Crippen molar-refractivity contribution in [2.75, 3.05) is 18.4 Å². The van der Waals surface area contributed by atoms with Crippen LogP contribution < -0.4 is 16.2 Å². The van der Waals surface area contributed by atoms with Gasteiger partial charge in [0.2, 0.25) is 17.6 Å². The molecule has 0 aliphatic heterocycles. The van der Waals surface area contributed by atoms with E-state index in [1.54, 1.807) is 24.3 Å². The molecule has 4 rings (SSSR count). The summed E-state index contributed by atoms with van der Waals surface area (Å²) in [6, 6.07) is 7.97. The Hall–Kier alpha value is -4.43. The zero-order valence-electron chi connectivity index (χ0n) is 21.7. The number of aromatic amines is 1. The molecule has 0 bridgehead atoms. The van der Waals surface area contributed by atoms with E-state index in [9.17, 15) is 35.9 Å². The number of H-pyrrole nitrogens is 1. The smallest absolute Gasteiger partial charge is 0.368 e. The number of halogens is 6. The molecule has 218 valence electrons. The molecule has 41 heavy (non-hydrogen) atoms. The third kappa shape index (κ3) is 7.41. The van der Waals surface area contributed by atoms with Crippen molar-refractivity contribution in [3.8, 4) is 11.4 Å². The number of fused-ring (bicyclic) bond motifs is 1. The molecular formula is C26H24F6N6O3. The van der Waals surface area contributed by atoms with Gasteiger partial charge in [0.1, 0.15) is 0 Å². The van der Waals surface area contributed by atoms with E-state index < -0.39 is 40.3 Å². The van der Waals surface area contributed by atoms with Gasteiger partial charge in [-0.3, -0.25) is 9.59 Å². The number of anilines is 1. The molecule has 0 aliphatic rings. The predicted molar refractivity (Wildman–Crippen MR) is 136 cm³/mol. The van der Waals surface area contributed by atoms with Crippen LogP contribution in [0.25, 0.3) is 22.2 Å². The van der Waals surface area contributed by atoms with E-state index in [1.807, 2.05) is 13.8 Å². The number of amides is 1. The molecule has 0 fully saturated rings. The van der Waals surface area contributed by atoms with E-state index in [1.165, 1.54) is 0 Å². The van der Waals surface area contributed by atoms with Crippen LogP contribution in [0.3, 0.4) is 0 Å². The van der Waals surface area contributed by atoms with Crippen LogP contribution in [0.15, 0.2) is 51.8 Å². The van der Waals surface area contributed by atoms with E-state index in [0.29, 0.717) is 35.3 Å². The number of nitrogens with zero attached hydrogens (tertiary/aromatic N) is 3. The topological polar surface area (TPSA) is 126 Å². The first-order valence-electron chi connectivity index (χ1n) is 12.2. The molecule has 4 aromatic rings. The number of aryl methyl sites for hydroxylation is 1. The van der Waals surface area contributed by atoms with Crippen molar-refractivity contribution >= 4 is 22.5 Å². The van der Waals surface area contributed by atoms with Crippen molar-refractivity contribution in [3.05, 3.63) is 69.8 Å². The molecule has 0 atom stereocenters.